The van der Waals surface area contributed by atoms with Crippen LogP contribution >= 0.6 is 0 Å². The zero-order valence-corrected chi connectivity index (χ0v) is 19.9. The van der Waals surface area contributed by atoms with Crippen LogP contribution < -0.4 is 10.0 Å². The van der Waals surface area contributed by atoms with E-state index in [0.717, 1.165) is 10.7 Å². The molecule has 0 saturated carbocycles. The Bertz CT molecular complexity index is 1290. The van der Waals surface area contributed by atoms with Gasteiger partial charge in [0.1, 0.15) is 0 Å². The quantitative estimate of drug-likeness (QED) is 0.537. The highest BCUT2D eigenvalue weighted by molar-refractivity contribution is 7.89. The van der Waals surface area contributed by atoms with Crippen LogP contribution in [0.25, 0.3) is 5.69 Å². The molecule has 3 aromatic rings. The Morgan fingerprint density at radius 1 is 1.03 bits per heavy atom. The molecule has 0 fully saturated rings. The Morgan fingerprint density at radius 3 is 2.24 bits per heavy atom. The third-order valence-electron chi connectivity index (χ3n) is 4.74. The summed E-state index contributed by atoms with van der Waals surface area (Å²) in [5.74, 6) is -0.448. The molecule has 2 aromatic carbocycles. The van der Waals surface area contributed by atoms with E-state index >= 15 is 0 Å². The van der Waals surface area contributed by atoms with Crippen LogP contribution in [0.3, 0.4) is 0 Å². The summed E-state index contributed by atoms with van der Waals surface area (Å²) in [6.07, 6.45) is -3.30. The fraction of sp³-hybridized carbons (Fsp3) is 0.304. The first-order chi connectivity index (χ1) is 15.7. The lowest BCUT2D eigenvalue weighted by Gasteiger charge is -2.20. The molecule has 0 aliphatic carbocycles. The van der Waals surface area contributed by atoms with Crippen molar-refractivity contribution in [2.75, 3.05) is 0 Å². The van der Waals surface area contributed by atoms with Crippen molar-refractivity contribution >= 4 is 15.9 Å². The van der Waals surface area contributed by atoms with Crippen LogP contribution in [0.4, 0.5) is 13.2 Å². The normalized spacial score (nSPS) is 12.6. The van der Waals surface area contributed by atoms with Crippen LogP contribution in [0.5, 0.6) is 0 Å². The molecular formula is C23H25F3N4O3S. The van der Waals surface area contributed by atoms with Gasteiger partial charge in [0.25, 0.3) is 5.91 Å². The Hall–Kier alpha value is -3.18. The van der Waals surface area contributed by atoms with Gasteiger partial charge in [0, 0.05) is 23.8 Å². The molecule has 1 amide bonds. The van der Waals surface area contributed by atoms with Gasteiger partial charge in [-0.15, -0.1) is 0 Å². The Kier molecular flexibility index (Phi) is 6.90. The summed E-state index contributed by atoms with van der Waals surface area (Å²) < 4.78 is 67.1. The van der Waals surface area contributed by atoms with Crippen molar-refractivity contribution in [3.63, 3.8) is 0 Å². The van der Waals surface area contributed by atoms with Gasteiger partial charge in [0.05, 0.1) is 10.6 Å². The van der Waals surface area contributed by atoms with Crippen molar-refractivity contribution in [2.45, 2.75) is 50.9 Å². The molecule has 34 heavy (non-hydrogen) atoms. The van der Waals surface area contributed by atoms with Crippen molar-refractivity contribution in [1.82, 2.24) is 19.8 Å². The van der Waals surface area contributed by atoms with Crippen LogP contribution in [0.15, 0.2) is 59.6 Å². The third-order valence-corrected chi connectivity index (χ3v) is 6.49. The zero-order chi connectivity index (χ0) is 25.3. The molecule has 0 radical (unpaired) electrons. The lowest BCUT2D eigenvalue weighted by Crippen LogP contribution is -2.40. The zero-order valence-electron chi connectivity index (χ0n) is 19.1. The molecule has 11 heteroatoms. The summed E-state index contributed by atoms with van der Waals surface area (Å²) >= 11 is 0. The van der Waals surface area contributed by atoms with Gasteiger partial charge in [-0.3, -0.25) is 4.79 Å². The first kappa shape index (κ1) is 25.4. The smallest absolute Gasteiger partial charge is 0.348 e. The average molecular weight is 495 g/mol. The van der Waals surface area contributed by atoms with Gasteiger partial charge in [-0.05, 0) is 69.2 Å². The van der Waals surface area contributed by atoms with Gasteiger partial charge in [-0.25, -0.2) is 17.8 Å². The standard InChI is InChI=1S/C23H25F3N4O3S/c1-15-5-10-18(34(32,33)29-22(2,3)4)13-19(15)21(31)27-14-16-6-8-17(9-7-16)30-12-11-20(28-30)23(24,25)26/h5-13,29H,14H2,1-4H3,(H,27,31). The second-order valence-corrected chi connectivity index (χ2v) is 10.5. The minimum atomic E-state index is -4.52. The second-order valence-electron chi connectivity index (χ2n) is 8.82. The summed E-state index contributed by atoms with van der Waals surface area (Å²) in [5, 5.41) is 6.26. The Morgan fingerprint density at radius 2 is 1.68 bits per heavy atom. The number of hydrogen-bond donors (Lipinski definition) is 2. The van der Waals surface area contributed by atoms with E-state index in [4.69, 9.17) is 0 Å². The average Bonchev–Trinajstić information content (AvgIpc) is 3.22. The van der Waals surface area contributed by atoms with Crippen molar-refractivity contribution in [3.05, 3.63) is 77.1 Å². The second kappa shape index (κ2) is 9.22. The number of nitrogens with one attached hydrogen (secondary N) is 2. The van der Waals surface area contributed by atoms with Crippen LogP contribution in [0.1, 0.15) is 48.0 Å². The molecule has 0 atom stereocenters. The number of nitrogens with zero attached hydrogens (tertiary/aromatic N) is 2. The molecule has 2 N–H and O–H groups in total. The molecule has 0 unspecified atom stereocenters. The van der Waals surface area contributed by atoms with E-state index in [-0.39, 0.29) is 17.0 Å². The minimum Gasteiger partial charge on any atom is -0.348 e. The lowest BCUT2D eigenvalue weighted by molar-refractivity contribution is -0.141. The molecule has 1 heterocycles. The Balaban J connectivity index is 1.71. The van der Waals surface area contributed by atoms with Crippen molar-refractivity contribution < 1.29 is 26.4 Å². The highest BCUT2D eigenvalue weighted by atomic mass is 32.2. The molecule has 0 saturated heterocycles. The fourth-order valence-electron chi connectivity index (χ4n) is 3.14. The number of rotatable bonds is 6. The SMILES string of the molecule is Cc1ccc(S(=O)(=O)NC(C)(C)C)cc1C(=O)NCc1ccc(-n2ccc(C(F)(F)F)n2)cc1. The highest BCUT2D eigenvalue weighted by Gasteiger charge is 2.33. The number of carbonyl (C=O) groups excluding carboxylic acids is 1. The molecule has 182 valence electrons. The molecule has 0 spiro atoms. The number of aromatic nitrogens is 2. The van der Waals surface area contributed by atoms with E-state index in [0.29, 0.717) is 16.8 Å². The molecular weight excluding hydrogens is 469 g/mol. The van der Waals surface area contributed by atoms with Gasteiger partial charge < -0.3 is 5.32 Å². The molecule has 7 nitrogen and oxygen atoms in total. The highest BCUT2D eigenvalue weighted by Crippen LogP contribution is 2.28. The largest absolute Gasteiger partial charge is 0.435 e. The van der Waals surface area contributed by atoms with Crippen LogP contribution in [0.2, 0.25) is 0 Å². The first-order valence-corrected chi connectivity index (χ1v) is 11.8. The van der Waals surface area contributed by atoms with Gasteiger partial charge in [-0.2, -0.15) is 18.3 Å². The molecule has 0 aliphatic heterocycles. The van der Waals surface area contributed by atoms with Gasteiger partial charge in [0.2, 0.25) is 10.0 Å². The maximum absolute atomic E-state index is 12.7. The number of aryl methyl sites for hydroxylation is 1. The molecule has 1 aromatic heterocycles. The Labute approximate surface area is 196 Å². The fourth-order valence-corrected chi connectivity index (χ4v) is 4.58. The molecule has 0 aliphatic rings. The van der Waals surface area contributed by atoms with Crippen LogP contribution in [-0.2, 0) is 22.7 Å². The predicted molar refractivity (Wildman–Crippen MR) is 121 cm³/mol. The summed E-state index contributed by atoms with van der Waals surface area (Å²) in [7, 11) is -3.81. The summed E-state index contributed by atoms with van der Waals surface area (Å²) in [5.41, 5.74) is 0.317. The van der Waals surface area contributed by atoms with Gasteiger partial charge in [-0.1, -0.05) is 18.2 Å². The molecule has 3 rings (SSSR count). The van der Waals surface area contributed by atoms with Crippen molar-refractivity contribution in [1.29, 1.82) is 0 Å². The van der Waals surface area contributed by atoms with Crippen molar-refractivity contribution in [2.24, 2.45) is 0 Å². The lowest BCUT2D eigenvalue weighted by atomic mass is 10.1. The van der Waals surface area contributed by atoms with E-state index in [2.05, 4.69) is 15.1 Å². The van der Waals surface area contributed by atoms with E-state index in [1.165, 1.54) is 18.3 Å². The number of hydrogen-bond acceptors (Lipinski definition) is 4. The van der Waals surface area contributed by atoms with E-state index in [1.807, 2.05) is 0 Å². The summed E-state index contributed by atoms with van der Waals surface area (Å²) in [6.45, 7) is 7.01. The monoisotopic (exact) mass is 494 g/mol. The topological polar surface area (TPSA) is 93.1 Å². The third kappa shape index (κ3) is 6.23. The minimum absolute atomic E-state index is 0.0139. The van der Waals surface area contributed by atoms with E-state index in [9.17, 15) is 26.4 Å². The van der Waals surface area contributed by atoms with Crippen LogP contribution in [-0.4, -0.2) is 29.6 Å². The summed E-state index contributed by atoms with van der Waals surface area (Å²) in [6, 6.07) is 11.7. The van der Waals surface area contributed by atoms with E-state index < -0.39 is 33.3 Å². The first-order valence-electron chi connectivity index (χ1n) is 10.3. The van der Waals surface area contributed by atoms with E-state index in [1.54, 1.807) is 58.0 Å². The maximum atomic E-state index is 12.7. The van der Waals surface area contributed by atoms with Crippen LogP contribution in [0, 0.1) is 6.92 Å². The number of benzene rings is 2. The maximum Gasteiger partial charge on any atom is 0.435 e. The van der Waals surface area contributed by atoms with Gasteiger partial charge in [0.15, 0.2) is 5.69 Å². The van der Waals surface area contributed by atoms with Crippen molar-refractivity contribution in [3.8, 4) is 5.69 Å². The number of alkyl halides is 3. The number of halogens is 3. The number of carbonyl (C=O) groups is 1. The predicted octanol–water partition coefficient (Wildman–Crippen LogP) is 4.21. The molecule has 0 bridgehead atoms. The van der Waals surface area contributed by atoms with Gasteiger partial charge >= 0.3 is 6.18 Å². The number of sulfonamides is 1. The number of amides is 1. The summed E-state index contributed by atoms with van der Waals surface area (Å²) in [4.78, 5) is 12.7.